The van der Waals surface area contributed by atoms with Crippen molar-refractivity contribution in [3.8, 4) is 5.69 Å². The van der Waals surface area contributed by atoms with E-state index in [4.69, 9.17) is 4.42 Å². The van der Waals surface area contributed by atoms with Crippen LogP contribution in [0.5, 0.6) is 0 Å². The predicted molar refractivity (Wildman–Crippen MR) is 117 cm³/mol. The largest absolute Gasteiger partial charge is 0.435 e. The van der Waals surface area contributed by atoms with Crippen molar-refractivity contribution in [2.24, 2.45) is 5.92 Å². The fourth-order valence-corrected chi connectivity index (χ4v) is 4.30. The average molecular weight is 491 g/mol. The van der Waals surface area contributed by atoms with Crippen LogP contribution in [0.4, 0.5) is 13.2 Å². The fraction of sp³-hybridized carbons (Fsp3) is 0.435. The molecule has 2 aromatic heterocycles. The highest BCUT2D eigenvalue weighted by atomic mass is 19.4. The molecule has 1 aromatic carbocycles. The molecule has 0 aliphatic heterocycles. The average Bonchev–Trinajstić information content (AvgIpc) is 3.49. The summed E-state index contributed by atoms with van der Waals surface area (Å²) in [6.07, 6.45) is -0.590. The van der Waals surface area contributed by atoms with Gasteiger partial charge in [-0.1, -0.05) is 18.2 Å². The lowest BCUT2D eigenvalue weighted by atomic mass is 9.79. The molecule has 1 aliphatic carbocycles. The number of carbonyl (C=O) groups excluding carboxylic acids is 2. The van der Waals surface area contributed by atoms with Crippen LogP contribution in [-0.2, 0) is 11.0 Å². The molecule has 0 radical (unpaired) electrons. The molecule has 0 saturated heterocycles. The zero-order valence-electron chi connectivity index (χ0n) is 18.7. The maximum atomic E-state index is 13.4. The van der Waals surface area contributed by atoms with Gasteiger partial charge in [0.25, 0.3) is 5.91 Å². The van der Waals surface area contributed by atoms with Gasteiger partial charge in [-0.2, -0.15) is 18.3 Å². The van der Waals surface area contributed by atoms with E-state index >= 15 is 0 Å². The summed E-state index contributed by atoms with van der Waals surface area (Å²) in [4.78, 5) is 36.1. The van der Waals surface area contributed by atoms with Gasteiger partial charge in [-0.3, -0.25) is 9.59 Å². The number of nitrogens with one attached hydrogen (secondary N) is 2. The third-order valence-electron chi connectivity index (χ3n) is 6.12. The molecule has 4 rings (SSSR count). The van der Waals surface area contributed by atoms with Gasteiger partial charge in [-0.25, -0.2) is 14.6 Å². The standard InChI is InChI=1S/C23H24F3N5O4/c24-23(25,26)19-17(13-31(30-19)16-5-2-1-3-6-16)20(33)27-12-4-7-18(32)14-8-10-15(11-9-14)21-28-29-22(34)35-21/h1-3,5-6,13-15H,4,7-12H2,(H,27,33)(H,29,34). The van der Waals surface area contributed by atoms with Gasteiger partial charge in [0.15, 0.2) is 5.69 Å². The Labute approximate surface area is 197 Å². The highest BCUT2D eigenvalue weighted by Gasteiger charge is 2.39. The minimum atomic E-state index is -4.79. The molecular formula is C23H24F3N5O4. The second kappa shape index (κ2) is 10.3. The van der Waals surface area contributed by atoms with Crippen LogP contribution in [0.15, 0.2) is 45.7 Å². The number of aromatic nitrogens is 4. The van der Waals surface area contributed by atoms with Crippen molar-refractivity contribution >= 4 is 11.7 Å². The van der Waals surface area contributed by atoms with Crippen molar-refractivity contribution in [2.75, 3.05) is 6.54 Å². The van der Waals surface area contributed by atoms with Crippen LogP contribution in [-0.4, -0.2) is 38.2 Å². The number of carbonyl (C=O) groups is 2. The summed E-state index contributed by atoms with van der Waals surface area (Å²) < 4.78 is 46.4. The van der Waals surface area contributed by atoms with Gasteiger partial charge in [-0.15, -0.1) is 5.10 Å². The minimum absolute atomic E-state index is 0.00285. The molecule has 0 atom stereocenters. The number of amides is 1. The van der Waals surface area contributed by atoms with E-state index in [9.17, 15) is 27.6 Å². The first-order valence-corrected chi connectivity index (χ1v) is 11.3. The molecule has 0 spiro atoms. The normalized spacial score (nSPS) is 18.4. The molecule has 2 N–H and O–H groups in total. The monoisotopic (exact) mass is 491 g/mol. The fourth-order valence-electron chi connectivity index (χ4n) is 4.30. The Morgan fingerprint density at radius 1 is 1.14 bits per heavy atom. The number of rotatable bonds is 8. The molecule has 0 bridgehead atoms. The molecule has 1 aliphatic rings. The maximum absolute atomic E-state index is 13.4. The Bertz CT molecular complexity index is 1220. The zero-order valence-corrected chi connectivity index (χ0v) is 18.7. The summed E-state index contributed by atoms with van der Waals surface area (Å²) in [6, 6.07) is 8.19. The van der Waals surface area contributed by atoms with Crippen LogP contribution in [0.25, 0.3) is 5.69 Å². The van der Waals surface area contributed by atoms with Gasteiger partial charge >= 0.3 is 11.9 Å². The smallest absolute Gasteiger partial charge is 0.392 e. The van der Waals surface area contributed by atoms with Crippen LogP contribution in [0.3, 0.4) is 0 Å². The Morgan fingerprint density at radius 3 is 2.49 bits per heavy atom. The minimum Gasteiger partial charge on any atom is -0.392 e. The molecule has 1 fully saturated rings. The van der Waals surface area contributed by atoms with Crippen LogP contribution in [0, 0.1) is 5.92 Å². The number of benzene rings is 1. The number of nitrogens with zero attached hydrogens (tertiary/aromatic N) is 3. The van der Waals surface area contributed by atoms with E-state index in [-0.39, 0.29) is 30.6 Å². The van der Waals surface area contributed by atoms with Crippen LogP contribution < -0.4 is 11.1 Å². The van der Waals surface area contributed by atoms with E-state index < -0.39 is 29.1 Å². The molecule has 0 unspecified atom stereocenters. The van der Waals surface area contributed by atoms with Gasteiger partial charge in [0.1, 0.15) is 5.78 Å². The molecule has 2 heterocycles. The number of aromatic amines is 1. The van der Waals surface area contributed by atoms with E-state index in [1.165, 1.54) is 0 Å². The Morgan fingerprint density at radius 2 is 1.86 bits per heavy atom. The van der Waals surface area contributed by atoms with Gasteiger partial charge in [0.2, 0.25) is 5.89 Å². The van der Waals surface area contributed by atoms with Crippen molar-refractivity contribution in [1.82, 2.24) is 25.3 Å². The molecule has 12 heteroatoms. The Kier molecular flexibility index (Phi) is 7.17. The SMILES string of the molecule is O=C(NCCCC(=O)C1CCC(c2n[nH]c(=O)o2)CC1)c1cn(-c2ccccc2)nc1C(F)(F)F. The molecule has 1 amide bonds. The van der Waals surface area contributed by atoms with Crippen molar-refractivity contribution in [1.29, 1.82) is 0 Å². The van der Waals surface area contributed by atoms with E-state index in [1.54, 1.807) is 30.3 Å². The summed E-state index contributed by atoms with van der Waals surface area (Å²) in [5.41, 5.74) is -1.44. The quantitative estimate of drug-likeness (QED) is 0.464. The first-order valence-electron chi connectivity index (χ1n) is 11.3. The first-order chi connectivity index (χ1) is 16.7. The Balaban J connectivity index is 1.27. The van der Waals surface area contributed by atoms with E-state index in [0.717, 1.165) is 10.9 Å². The highest BCUT2D eigenvalue weighted by molar-refractivity contribution is 5.95. The van der Waals surface area contributed by atoms with Crippen LogP contribution in [0.1, 0.15) is 66.4 Å². The first kappa shape index (κ1) is 24.4. The molecule has 35 heavy (non-hydrogen) atoms. The maximum Gasteiger partial charge on any atom is 0.435 e. The van der Waals surface area contributed by atoms with Gasteiger partial charge < -0.3 is 9.73 Å². The molecule has 9 nitrogen and oxygen atoms in total. The van der Waals surface area contributed by atoms with Crippen molar-refractivity contribution in [2.45, 2.75) is 50.6 Å². The number of Topliss-reactive ketones (excluding diaryl/α,β-unsaturated/α-hetero) is 1. The molecular weight excluding hydrogens is 467 g/mol. The van der Waals surface area contributed by atoms with E-state index in [1.807, 2.05) is 0 Å². The highest BCUT2D eigenvalue weighted by Crippen LogP contribution is 2.35. The lowest BCUT2D eigenvalue weighted by Crippen LogP contribution is -2.27. The topological polar surface area (TPSA) is 123 Å². The summed E-state index contributed by atoms with van der Waals surface area (Å²) in [5, 5.41) is 12.1. The molecule has 186 valence electrons. The van der Waals surface area contributed by atoms with E-state index in [2.05, 4.69) is 20.6 Å². The van der Waals surface area contributed by atoms with E-state index in [0.29, 0.717) is 43.7 Å². The number of hydrogen-bond acceptors (Lipinski definition) is 6. The van der Waals surface area contributed by atoms with Crippen molar-refractivity contribution in [3.63, 3.8) is 0 Å². The van der Waals surface area contributed by atoms with Gasteiger partial charge in [-0.05, 0) is 44.2 Å². The van der Waals surface area contributed by atoms with Crippen LogP contribution >= 0.6 is 0 Å². The summed E-state index contributed by atoms with van der Waals surface area (Å²) in [5.74, 6) is -1.22. The lowest BCUT2D eigenvalue weighted by Gasteiger charge is -2.25. The third-order valence-corrected chi connectivity index (χ3v) is 6.12. The Hall–Kier alpha value is -3.70. The second-order valence-corrected chi connectivity index (χ2v) is 8.49. The number of halogens is 3. The molecule has 3 aromatic rings. The van der Waals surface area contributed by atoms with Crippen molar-refractivity contribution in [3.05, 3.63) is 64.2 Å². The summed E-state index contributed by atoms with van der Waals surface area (Å²) in [6.45, 7) is 0.0617. The zero-order chi connectivity index (χ0) is 25.0. The van der Waals surface area contributed by atoms with Crippen LogP contribution in [0.2, 0.25) is 0 Å². The number of ketones is 1. The number of alkyl halides is 3. The summed E-state index contributed by atoms with van der Waals surface area (Å²) >= 11 is 0. The second-order valence-electron chi connectivity index (χ2n) is 8.49. The predicted octanol–water partition coefficient (Wildman–Crippen LogP) is 3.62. The summed E-state index contributed by atoms with van der Waals surface area (Å²) in [7, 11) is 0. The molecule has 1 saturated carbocycles. The number of hydrogen-bond donors (Lipinski definition) is 2. The number of H-pyrrole nitrogens is 1. The van der Waals surface area contributed by atoms with Gasteiger partial charge in [0.05, 0.1) is 11.3 Å². The van der Waals surface area contributed by atoms with Gasteiger partial charge in [0, 0.05) is 31.0 Å². The number of para-hydroxylation sites is 1. The lowest BCUT2D eigenvalue weighted by molar-refractivity contribution is -0.141. The third kappa shape index (κ3) is 5.87. The van der Waals surface area contributed by atoms with Crippen molar-refractivity contribution < 1.29 is 27.2 Å².